The summed E-state index contributed by atoms with van der Waals surface area (Å²) in [6.45, 7) is -0.166. The van der Waals surface area contributed by atoms with Crippen molar-refractivity contribution >= 4 is 5.97 Å². The van der Waals surface area contributed by atoms with Gasteiger partial charge in [0.1, 0.15) is 18.3 Å². The van der Waals surface area contributed by atoms with Crippen molar-refractivity contribution in [1.82, 2.24) is 0 Å². The number of carbonyl (C=O) groups is 1. The van der Waals surface area contributed by atoms with E-state index in [0.717, 1.165) is 0 Å². The quantitative estimate of drug-likeness (QED) is 0.196. The molecule has 1 fully saturated rings. The molecule has 1 rings (SSSR count). The van der Waals surface area contributed by atoms with E-state index >= 15 is 0 Å². The maximum atomic E-state index is 10.7. The van der Waals surface area contributed by atoms with Crippen LogP contribution in [0.3, 0.4) is 0 Å². The summed E-state index contributed by atoms with van der Waals surface area (Å²) in [4.78, 5) is 13.2. The van der Waals surface area contributed by atoms with E-state index in [1.54, 1.807) is 0 Å². The van der Waals surface area contributed by atoms with Crippen LogP contribution < -0.4 is 0 Å². The molecule has 0 amide bonds. The van der Waals surface area contributed by atoms with Crippen molar-refractivity contribution in [3.63, 3.8) is 0 Å². The number of ether oxygens (including phenoxy) is 2. The Hall–Kier alpha value is -1.42. The Labute approximate surface area is 101 Å². The molecule has 18 heavy (non-hydrogen) atoms. The summed E-state index contributed by atoms with van der Waals surface area (Å²) in [7, 11) is 0. The highest BCUT2D eigenvalue weighted by Crippen LogP contribution is 2.22. The van der Waals surface area contributed by atoms with E-state index in [-0.39, 0.29) is 13.2 Å². The van der Waals surface area contributed by atoms with Crippen LogP contribution >= 0.6 is 0 Å². The fourth-order valence-electron chi connectivity index (χ4n) is 1.44. The molecule has 0 aromatic heterocycles. The van der Waals surface area contributed by atoms with Gasteiger partial charge in [-0.3, -0.25) is 0 Å². The summed E-state index contributed by atoms with van der Waals surface area (Å²) in [5, 5.41) is 40.2. The smallest absolute Gasteiger partial charge is 0.335 e. The Morgan fingerprint density at radius 1 is 1.33 bits per heavy atom. The SMILES string of the molecule is [N-]=[N+]=NCCOC1OC(C(=O)O)C(O)C(O)C1O. The maximum absolute atomic E-state index is 10.7. The maximum Gasteiger partial charge on any atom is 0.335 e. The van der Waals surface area contributed by atoms with Crippen LogP contribution in [0.1, 0.15) is 0 Å². The van der Waals surface area contributed by atoms with Crippen LogP contribution in [-0.4, -0.2) is 70.3 Å². The fourth-order valence-corrected chi connectivity index (χ4v) is 1.44. The van der Waals surface area contributed by atoms with Gasteiger partial charge >= 0.3 is 5.97 Å². The van der Waals surface area contributed by atoms with Gasteiger partial charge < -0.3 is 29.9 Å². The molecule has 4 N–H and O–H groups in total. The standard InChI is InChI=1S/C8H13N3O7/c9-11-10-1-2-17-8-5(14)3(12)4(13)6(18-8)7(15)16/h3-6,8,12-14H,1-2H2,(H,15,16). The van der Waals surface area contributed by atoms with Gasteiger partial charge in [-0.2, -0.15) is 0 Å². The second kappa shape index (κ2) is 6.50. The molecule has 0 aliphatic carbocycles. The third-order valence-corrected chi connectivity index (χ3v) is 2.35. The van der Waals surface area contributed by atoms with Crippen LogP contribution in [-0.2, 0) is 14.3 Å². The molecule has 1 heterocycles. The molecule has 5 atom stereocenters. The average molecular weight is 263 g/mol. The lowest BCUT2D eigenvalue weighted by Gasteiger charge is -2.38. The van der Waals surface area contributed by atoms with E-state index in [9.17, 15) is 20.1 Å². The molecule has 10 heteroatoms. The molecule has 102 valence electrons. The Bertz CT molecular complexity index is 346. The van der Waals surface area contributed by atoms with Gasteiger partial charge in [-0.05, 0) is 5.53 Å². The number of azide groups is 1. The Morgan fingerprint density at radius 2 is 2.00 bits per heavy atom. The zero-order valence-corrected chi connectivity index (χ0v) is 9.16. The first-order valence-corrected chi connectivity index (χ1v) is 5.04. The summed E-state index contributed by atoms with van der Waals surface area (Å²) < 4.78 is 9.73. The minimum atomic E-state index is -1.76. The number of aliphatic hydroxyl groups is 3. The summed E-state index contributed by atoms with van der Waals surface area (Å²) in [5.74, 6) is -1.49. The summed E-state index contributed by atoms with van der Waals surface area (Å²) in [6.07, 6.45) is -8.17. The third-order valence-electron chi connectivity index (χ3n) is 2.35. The van der Waals surface area contributed by atoms with Crippen LogP contribution in [0.25, 0.3) is 10.4 Å². The van der Waals surface area contributed by atoms with Crippen LogP contribution in [0.5, 0.6) is 0 Å². The molecule has 0 bridgehead atoms. The molecule has 0 saturated carbocycles. The van der Waals surface area contributed by atoms with Crippen molar-refractivity contribution in [2.75, 3.05) is 13.2 Å². The number of carboxylic acid groups (broad SMARTS) is 1. The topological polar surface area (TPSA) is 165 Å². The van der Waals surface area contributed by atoms with Gasteiger partial charge in [0.15, 0.2) is 12.4 Å². The van der Waals surface area contributed by atoms with Crippen LogP contribution in [0.15, 0.2) is 5.11 Å². The van der Waals surface area contributed by atoms with Crippen molar-refractivity contribution in [1.29, 1.82) is 0 Å². The van der Waals surface area contributed by atoms with Crippen LogP contribution in [0, 0.1) is 0 Å². The molecule has 0 spiro atoms. The van der Waals surface area contributed by atoms with E-state index in [1.807, 2.05) is 0 Å². The molecule has 10 nitrogen and oxygen atoms in total. The van der Waals surface area contributed by atoms with Gasteiger partial charge in [0.2, 0.25) is 0 Å². The molecule has 1 aliphatic heterocycles. The molecule has 0 aromatic rings. The van der Waals surface area contributed by atoms with E-state index in [1.165, 1.54) is 0 Å². The second-order valence-electron chi connectivity index (χ2n) is 3.56. The monoisotopic (exact) mass is 263 g/mol. The van der Waals surface area contributed by atoms with Gasteiger partial charge in [0.05, 0.1) is 6.61 Å². The highest BCUT2D eigenvalue weighted by molar-refractivity contribution is 5.73. The van der Waals surface area contributed by atoms with E-state index in [2.05, 4.69) is 10.0 Å². The summed E-state index contributed by atoms with van der Waals surface area (Å²) in [6, 6.07) is 0. The number of carboxylic acids is 1. The molecule has 0 radical (unpaired) electrons. The molecule has 5 unspecified atom stereocenters. The summed E-state index contributed by atoms with van der Waals surface area (Å²) in [5.41, 5.74) is 8.02. The first-order valence-electron chi connectivity index (χ1n) is 5.04. The van der Waals surface area contributed by atoms with E-state index < -0.39 is 36.7 Å². The van der Waals surface area contributed by atoms with Crippen molar-refractivity contribution in [3.05, 3.63) is 10.4 Å². The highest BCUT2D eigenvalue weighted by Gasteiger charge is 2.47. The number of aliphatic carboxylic acids is 1. The predicted octanol–water partition coefficient (Wildman–Crippen LogP) is -1.79. The lowest BCUT2D eigenvalue weighted by Crippen LogP contribution is -2.60. The van der Waals surface area contributed by atoms with Crippen molar-refractivity contribution in [2.24, 2.45) is 5.11 Å². The van der Waals surface area contributed by atoms with Gasteiger partial charge in [-0.1, -0.05) is 5.11 Å². The van der Waals surface area contributed by atoms with Crippen LogP contribution in [0.2, 0.25) is 0 Å². The second-order valence-corrected chi connectivity index (χ2v) is 3.56. The highest BCUT2D eigenvalue weighted by atomic mass is 16.7. The number of rotatable bonds is 5. The van der Waals surface area contributed by atoms with Crippen molar-refractivity contribution in [3.8, 4) is 0 Å². The zero-order chi connectivity index (χ0) is 13.7. The molecule has 0 aromatic carbocycles. The Kier molecular flexibility index (Phi) is 5.28. The predicted molar refractivity (Wildman–Crippen MR) is 54.3 cm³/mol. The Morgan fingerprint density at radius 3 is 2.56 bits per heavy atom. The third kappa shape index (κ3) is 3.29. The normalized spacial score (nSPS) is 35.8. The first kappa shape index (κ1) is 14.6. The molecular weight excluding hydrogens is 250 g/mol. The fraction of sp³-hybridized carbons (Fsp3) is 0.875. The van der Waals surface area contributed by atoms with Gasteiger partial charge in [0, 0.05) is 11.5 Å². The van der Waals surface area contributed by atoms with E-state index in [0.29, 0.717) is 0 Å². The Balaban J connectivity index is 2.61. The minimum Gasteiger partial charge on any atom is -0.479 e. The average Bonchev–Trinajstić information content (AvgIpc) is 2.33. The van der Waals surface area contributed by atoms with Gasteiger partial charge in [0.25, 0.3) is 0 Å². The lowest BCUT2D eigenvalue weighted by atomic mass is 9.99. The summed E-state index contributed by atoms with van der Waals surface area (Å²) >= 11 is 0. The number of aliphatic hydroxyl groups excluding tert-OH is 3. The number of hydrogen-bond acceptors (Lipinski definition) is 7. The van der Waals surface area contributed by atoms with E-state index in [4.69, 9.17) is 20.1 Å². The van der Waals surface area contributed by atoms with Crippen LogP contribution in [0.4, 0.5) is 0 Å². The number of nitrogens with zero attached hydrogens (tertiary/aromatic N) is 3. The van der Waals surface area contributed by atoms with Crippen molar-refractivity contribution in [2.45, 2.75) is 30.7 Å². The zero-order valence-electron chi connectivity index (χ0n) is 9.16. The molecule has 1 aliphatic rings. The lowest BCUT2D eigenvalue weighted by molar-refractivity contribution is -0.293. The molecular formula is C8H13N3O7. The molecule has 1 saturated heterocycles. The van der Waals surface area contributed by atoms with Gasteiger partial charge in [-0.25, -0.2) is 4.79 Å². The van der Waals surface area contributed by atoms with Gasteiger partial charge in [-0.15, -0.1) is 0 Å². The minimum absolute atomic E-state index is 0.0422. The van der Waals surface area contributed by atoms with Crippen molar-refractivity contribution < 1.29 is 34.7 Å². The largest absolute Gasteiger partial charge is 0.479 e. The number of hydrogen-bond donors (Lipinski definition) is 4. The first-order chi connectivity index (χ1) is 8.49.